The topological polar surface area (TPSA) is 384 Å². The Hall–Kier alpha value is -3.26. The van der Waals surface area contributed by atoms with Crippen molar-refractivity contribution < 1.29 is 85.6 Å². The summed E-state index contributed by atoms with van der Waals surface area (Å²) in [4.78, 5) is 88.5. The number of hydrogen-bond acceptors (Lipinski definition) is 19. The van der Waals surface area contributed by atoms with Crippen molar-refractivity contribution in [3.05, 3.63) is 48.5 Å². The fourth-order valence-electron chi connectivity index (χ4n) is 5.94. The second kappa shape index (κ2) is 21.6. The molecule has 2 amide bonds. The van der Waals surface area contributed by atoms with Gasteiger partial charge in [-0.3, -0.25) is 32.5 Å². The third-order valence-electron chi connectivity index (χ3n) is 9.26. The summed E-state index contributed by atoms with van der Waals surface area (Å²) in [6, 6.07) is 9.53. The molecule has 8 atom stereocenters. The van der Waals surface area contributed by atoms with Crippen molar-refractivity contribution in [3.63, 3.8) is 0 Å². The number of fused-ring (bicyclic) bond motifs is 1. The van der Waals surface area contributed by atoms with E-state index in [9.17, 15) is 63.0 Å². The zero-order valence-corrected chi connectivity index (χ0v) is 37.0. The number of thioether (sulfide) groups is 1. The third kappa shape index (κ3) is 14.9. The number of imidazole rings is 1. The van der Waals surface area contributed by atoms with Gasteiger partial charge in [-0.1, -0.05) is 55.9 Å². The summed E-state index contributed by atoms with van der Waals surface area (Å²) >= 11 is 0.960. The molecule has 1 saturated heterocycles. The third-order valence-corrected chi connectivity index (χ3v) is 13.3. The van der Waals surface area contributed by atoms with Crippen LogP contribution in [0.1, 0.15) is 45.6 Å². The highest BCUT2D eigenvalue weighted by molar-refractivity contribution is 8.13. The summed E-state index contributed by atoms with van der Waals surface area (Å²) in [6.45, 7) is 1.56. The Labute approximate surface area is 358 Å². The number of phosphoric ester groups is 3. The van der Waals surface area contributed by atoms with E-state index in [-0.39, 0.29) is 53.8 Å². The van der Waals surface area contributed by atoms with E-state index in [0.29, 0.717) is 12.8 Å². The van der Waals surface area contributed by atoms with Crippen LogP contribution in [-0.4, -0.2) is 134 Å². The van der Waals surface area contributed by atoms with E-state index in [4.69, 9.17) is 24.0 Å². The van der Waals surface area contributed by atoms with Gasteiger partial charge in [0, 0.05) is 37.1 Å². The van der Waals surface area contributed by atoms with Crippen LogP contribution in [0.5, 0.6) is 0 Å². The highest BCUT2D eigenvalue weighted by atomic mass is 32.2. The number of carbonyl (C=O) groups is 3. The lowest BCUT2D eigenvalue weighted by atomic mass is 9.87. The van der Waals surface area contributed by atoms with Gasteiger partial charge in [-0.15, -0.1) is 0 Å². The number of nitrogens with one attached hydrogen (secondary N) is 2. The lowest BCUT2D eigenvalue weighted by molar-refractivity contribution is -0.137. The van der Waals surface area contributed by atoms with Crippen LogP contribution in [0.25, 0.3) is 11.2 Å². The monoisotopic (exact) mass is 957 g/mol. The molecule has 8 unspecified atom stereocenters. The number of aryl methyl sites for hydroxylation is 1. The van der Waals surface area contributed by atoms with Crippen LogP contribution in [0.2, 0.25) is 0 Å². The first-order chi connectivity index (χ1) is 28.8. The zero-order chi connectivity index (χ0) is 46.1. The largest absolute Gasteiger partial charge is 0.481 e. The van der Waals surface area contributed by atoms with Gasteiger partial charge in [0.25, 0.3) is 0 Å². The summed E-state index contributed by atoms with van der Waals surface area (Å²) in [6.07, 6.45) is -5.38. The van der Waals surface area contributed by atoms with Crippen LogP contribution in [0.15, 0.2) is 43.0 Å². The molecule has 25 nitrogen and oxygen atoms in total. The number of benzene rings is 1. The molecule has 346 valence electrons. The van der Waals surface area contributed by atoms with Crippen molar-refractivity contribution in [3.8, 4) is 0 Å². The van der Waals surface area contributed by atoms with Gasteiger partial charge in [-0.2, -0.15) is 4.31 Å². The van der Waals surface area contributed by atoms with Crippen molar-refractivity contribution in [2.75, 3.05) is 37.8 Å². The number of amides is 2. The number of nitrogens with two attached hydrogens (primary N) is 1. The summed E-state index contributed by atoms with van der Waals surface area (Å²) in [5.41, 5.74) is 3.32. The number of anilines is 1. The molecule has 0 aliphatic carbocycles. The lowest BCUT2D eigenvalue weighted by Crippen LogP contribution is -2.46. The van der Waals surface area contributed by atoms with Gasteiger partial charge in [0.15, 0.2) is 22.3 Å². The first-order valence-electron chi connectivity index (χ1n) is 18.6. The van der Waals surface area contributed by atoms with Crippen LogP contribution in [0, 0.1) is 5.41 Å². The maximum absolute atomic E-state index is 12.8. The summed E-state index contributed by atoms with van der Waals surface area (Å²) < 4.78 is 62.8. The molecule has 3 aromatic rings. The predicted molar refractivity (Wildman–Crippen MR) is 217 cm³/mol. The van der Waals surface area contributed by atoms with Crippen molar-refractivity contribution in [1.29, 1.82) is 0 Å². The van der Waals surface area contributed by atoms with Crippen molar-refractivity contribution in [2.45, 2.75) is 82.7 Å². The average molecular weight is 958 g/mol. The molecule has 1 fully saturated rings. The Balaban J connectivity index is 1.19. The van der Waals surface area contributed by atoms with Crippen molar-refractivity contribution in [1.82, 2.24) is 30.2 Å². The standard InChI is InChI=1S/C33H50N7O18P3S/c1-32(2,28(45)31(46)36-12-11-23(42)35-13-14-62-24(43)15-21(41)10-9-20-7-5-4-6-8-20)17-55-61(52,53)58-60(50,51)54-16-22-26(57-59(47,48)49)27(44)33(3,56-22)40-19-39-25-29(34)37-18-38-30(25)40/h4-8,18-19,21-22,26-28,41,44-45H,9-17H2,1-3H3,(H,35,42)(H,36,46)(H,50,51)(H,52,53)(H2,34,37,38)(H2,47,48,49). The van der Waals surface area contributed by atoms with Crippen LogP contribution >= 0.6 is 35.2 Å². The minimum atomic E-state index is -5.61. The molecule has 0 radical (unpaired) electrons. The van der Waals surface area contributed by atoms with Crippen LogP contribution < -0.4 is 16.4 Å². The smallest absolute Gasteiger partial charge is 0.393 e. The minimum Gasteiger partial charge on any atom is -0.393 e. The van der Waals surface area contributed by atoms with Crippen molar-refractivity contribution >= 4 is 69.1 Å². The van der Waals surface area contributed by atoms with Gasteiger partial charge in [-0.25, -0.2) is 28.6 Å². The normalized spacial score (nSPS) is 22.4. The second-order valence-electron chi connectivity index (χ2n) is 14.7. The fourth-order valence-corrected chi connectivity index (χ4v) is 9.50. The second-order valence-corrected chi connectivity index (χ2v) is 20.1. The lowest BCUT2D eigenvalue weighted by Gasteiger charge is -2.30. The Bertz CT molecular complexity index is 2170. The number of carbonyl (C=O) groups excluding carboxylic acids is 3. The van der Waals surface area contributed by atoms with Crippen LogP contribution in [-0.2, 0) is 62.8 Å². The van der Waals surface area contributed by atoms with E-state index in [1.54, 1.807) is 0 Å². The number of aromatic nitrogens is 4. The van der Waals surface area contributed by atoms with Gasteiger partial charge in [0.05, 0.1) is 25.6 Å². The van der Waals surface area contributed by atoms with E-state index in [0.717, 1.165) is 34.5 Å². The molecular weight excluding hydrogens is 907 g/mol. The highest BCUT2D eigenvalue weighted by Gasteiger charge is 2.57. The first kappa shape index (κ1) is 51.4. The van der Waals surface area contributed by atoms with E-state index >= 15 is 0 Å². The number of nitrogen functional groups attached to an aromatic ring is 1. The Morgan fingerprint density at radius 1 is 1.02 bits per heavy atom. The average Bonchev–Trinajstić information content (AvgIpc) is 3.73. The SMILES string of the molecule is CC(C)(COP(=O)(O)OP(=O)(O)OCC1OC(C)(n2cnc3c(N)ncnc32)C(O)C1OP(=O)(O)O)C(O)C(=O)NCCC(=O)NCCSC(=O)CC(O)CCc1ccccc1. The van der Waals surface area contributed by atoms with Crippen LogP contribution in [0.3, 0.4) is 0 Å². The molecule has 11 N–H and O–H groups in total. The molecular formula is C33H50N7O18P3S. The van der Waals surface area contributed by atoms with E-state index in [2.05, 4.69) is 29.9 Å². The van der Waals surface area contributed by atoms with Crippen molar-refractivity contribution in [2.24, 2.45) is 5.41 Å². The summed E-state index contributed by atoms with van der Waals surface area (Å²) in [5, 5.41) is 36.6. The number of hydrogen-bond donors (Lipinski definition) is 10. The number of aliphatic hydroxyl groups is 3. The van der Waals surface area contributed by atoms with Gasteiger partial charge in [-0.05, 0) is 25.3 Å². The van der Waals surface area contributed by atoms with Gasteiger partial charge >= 0.3 is 23.5 Å². The summed E-state index contributed by atoms with van der Waals surface area (Å²) in [7, 11) is -16.5. The zero-order valence-electron chi connectivity index (χ0n) is 33.5. The van der Waals surface area contributed by atoms with Gasteiger partial charge < -0.3 is 56.0 Å². The highest BCUT2D eigenvalue weighted by Crippen LogP contribution is 2.61. The van der Waals surface area contributed by atoms with E-state index in [1.807, 2.05) is 30.3 Å². The van der Waals surface area contributed by atoms with Gasteiger partial charge in [0.1, 0.15) is 36.3 Å². The molecule has 1 aliphatic rings. The molecule has 0 spiro atoms. The maximum atomic E-state index is 12.8. The maximum Gasteiger partial charge on any atom is 0.481 e. The van der Waals surface area contributed by atoms with E-state index < -0.39 is 90.2 Å². The number of rotatable bonds is 24. The molecule has 0 bridgehead atoms. The molecule has 29 heteroatoms. The molecule has 62 heavy (non-hydrogen) atoms. The molecule has 2 aromatic heterocycles. The molecule has 0 saturated carbocycles. The molecule has 1 aromatic carbocycles. The van der Waals surface area contributed by atoms with Crippen LogP contribution in [0.4, 0.5) is 5.82 Å². The minimum absolute atomic E-state index is 0.0134. The molecule has 4 rings (SSSR count). The van der Waals surface area contributed by atoms with Gasteiger partial charge in [0.2, 0.25) is 11.8 Å². The Morgan fingerprint density at radius 3 is 2.37 bits per heavy atom. The fraction of sp³-hybridized carbons (Fsp3) is 0.576. The van der Waals surface area contributed by atoms with E-state index in [1.165, 1.54) is 20.8 Å². The quantitative estimate of drug-likeness (QED) is 0.0424. The number of phosphoric acid groups is 3. The first-order valence-corrected chi connectivity index (χ1v) is 24.1. The number of aliphatic hydroxyl groups excluding tert-OH is 3. The number of nitrogens with zero attached hydrogens (tertiary/aromatic N) is 4. The Kier molecular flexibility index (Phi) is 17.9. The molecule has 3 heterocycles. The summed E-state index contributed by atoms with van der Waals surface area (Å²) in [5.74, 6) is -1.28. The Morgan fingerprint density at radius 2 is 1.69 bits per heavy atom. The molecule has 1 aliphatic heterocycles. The predicted octanol–water partition coefficient (Wildman–Crippen LogP) is 0.223. The number of ether oxygens (including phenoxy) is 1.